The van der Waals surface area contributed by atoms with Gasteiger partial charge in [-0.1, -0.05) is 35.3 Å². The van der Waals surface area contributed by atoms with E-state index in [2.05, 4.69) is 9.97 Å². The van der Waals surface area contributed by atoms with Crippen molar-refractivity contribution < 1.29 is 19.1 Å². The average molecular weight is 529 g/mol. The fourth-order valence-corrected chi connectivity index (χ4v) is 4.63. The number of aromatic amines is 2. The summed E-state index contributed by atoms with van der Waals surface area (Å²) in [4.78, 5) is 30.4. The van der Waals surface area contributed by atoms with E-state index in [1.165, 1.54) is 0 Å². The third-order valence-corrected chi connectivity index (χ3v) is 6.39. The number of halogens is 2. The van der Waals surface area contributed by atoms with Gasteiger partial charge < -0.3 is 19.4 Å². The molecule has 0 aliphatic rings. The summed E-state index contributed by atoms with van der Waals surface area (Å²) in [5.74, 6) is -1.50. The number of hydrogen-bond acceptors (Lipinski definition) is 6. The van der Waals surface area contributed by atoms with Gasteiger partial charge in [-0.2, -0.15) is 0 Å². The van der Waals surface area contributed by atoms with Gasteiger partial charge in [0.05, 0.1) is 10.0 Å². The van der Waals surface area contributed by atoms with Crippen molar-refractivity contribution in [2.75, 3.05) is 0 Å². The number of rotatable bonds is 10. The van der Waals surface area contributed by atoms with Gasteiger partial charge in [0.1, 0.15) is 0 Å². The zero-order valence-electron chi connectivity index (χ0n) is 19.3. The van der Waals surface area contributed by atoms with Crippen LogP contribution < -0.4 is 11.5 Å². The molecule has 0 spiro atoms. The standard InChI is InChI=1S/C26H26Cl2N4O4/c27-17-3-1-5-19-25(17)15(13-31-19)7-9-21(29)35-23(33)11-12-24(34)36-22(30)10-8-16-14-32-20-6-2-4-18(28)26(16)20/h1-6,11-14,21-22,31-32H,7-10,29-30H2/b12-11+. The van der Waals surface area contributed by atoms with E-state index in [0.29, 0.717) is 35.7 Å². The zero-order valence-corrected chi connectivity index (χ0v) is 20.8. The Bertz CT molecular complexity index is 1310. The number of ether oxygens (including phenoxy) is 2. The van der Waals surface area contributed by atoms with Crippen LogP contribution in [-0.2, 0) is 31.9 Å². The van der Waals surface area contributed by atoms with Crippen molar-refractivity contribution in [3.8, 4) is 0 Å². The summed E-state index contributed by atoms with van der Waals surface area (Å²) in [6, 6.07) is 11.2. The Labute approximate surface area is 217 Å². The van der Waals surface area contributed by atoms with Crippen molar-refractivity contribution in [3.05, 3.63) is 82.1 Å². The highest BCUT2D eigenvalue weighted by Gasteiger charge is 2.14. The monoisotopic (exact) mass is 528 g/mol. The van der Waals surface area contributed by atoms with Gasteiger partial charge in [0.15, 0.2) is 12.5 Å². The van der Waals surface area contributed by atoms with Gasteiger partial charge in [0.25, 0.3) is 0 Å². The second-order valence-electron chi connectivity index (χ2n) is 8.31. The van der Waals surface area contributed by atoms with E-state index in [-0.39, 0.29) is 0 Å². The fourth-order valence-electron chi connectivity index (χ4n) is 4.04. The molecule has 2 atom stereocenters. The number of nitrogens with one attached hydrogen (secondary N) is 2. The first-order valence-corrected chi connectivity index (χ1v) is 12.2. The van der Waals surface area contributed by atoms with Crippen molar-refractivity contribution >= 4 is 56.9 Å². The van der Waals surface area contributed by atoms with Crippen LogP contribution in [0.3, 0.4) is 0 Å². The van der Waals surface area contributed by atoms with Crippen LogP contribution in [0.5, 0.6) is 0 Å². The van der Waals surface area contributed by atoms with E-state index in [1.807, 2.05) is 48.8 Å². The van der Waals surface area contributed by atoms with Gasteiger partial charge in [-0.25, -0.2) is 9.59 Å². The molecule has 188 valence electrons. The van der Waals surface area contributed by atoms with Gasteiger partial charge >= 0.3 is 11.9 Å². The Balaban J connectivity index is 1.20. The molecule has 0 aliphatic carbocycles. The van der Waals surface area contributed by atoms with E-state index in [4.69, 9.17) is 44.1 Å². The molecule has 0 amide bonds. The number of aryl methyl sites for hydroxylation is 2. The van der Waals surface area contributed by atoms with Crippen LogP contribution in [0.1, 0.15) is 24.0 Å². The molecule has 2 aromatic carbocycles. The number of nitrogens with two attached hydrogens (primary N) is 2. The summed E-state index contributed by atoms with van der Waals surface area (Å²) in [7, 11) is 0. The number of benzene rings is 2. The molecule has 4 rings (SSSR count). The molecule has 4 aromatic rings. The number of hydrogen-bond donors (Lipinski definition) is 4. The fraction of sp³-hybridized carbons (Fsp3) is 0.231. The first-order chi connectivity index (χ1) is 17.3. The first kappa shape index (κ1) is 25.8. The molecule has 0 bridgehead atoms. The summed E-state index contributed by atoms with van der Waals surface area (Å²) in [6.45, 7) is 0. The van der Waals surface area contributed by atoms with Gasteiger partial charge in [0, 0.05) is 59.2 Å². The Morgan fingerprint density at radius 3 is 1.61 bits per heavy atom. The molecule has 36 heavy (non-hydrogen) atoms. The smallest absolute Gasteiger partial charge is 0.332 e. The molecule has 6 N–H and O–H groups in total. The molecule has 0 saturated carbocycles. The number of aromatic nitrogens is 2. The topological polar surface area (TPSA) is 136 Å². The third kappa shape index (κ3) is 6.27. The van der Waals surface area contributed by atoms with E-state index in [1.54, 1.807) is 0 Å². The van der Waals surface area contributed by atoms with Crippen molar-refractivity contribution in [2.24, 2.45) is 11.5 Å². The van der Waals surface area contributed by atoms with E-state index >= 15 is 0 Å². The van der Waals surface area contributed by atoms with Crippen LogP contribution >= 0.6 is 23.2 Å². The van der Waals surface area contributed by atoms with Crippen molar-refractivity contribution in [1.29, 1.82) is 0 Å². The first-order valence-electron chi connectivity index (χ1n) is 11.4. The van der Waals surface area contributed by atoms with Gasteiger partial charge in [-0.3, -0.25) is 11.5 Å². The predicted molar refractivity (Wildman–Crippen MR) is 141 cm³/mol. The van der Waals surface area contributed by atoms with E-state index in [0.717, 1.165) is 45.1 Å². The van der Waals surface area contributed by atoms with Crippen molar-refractivity contribution in [2.45, 2.75) is 38.1 Å². The summed E-state index contributed by atoms with van der Waals surface area (Å²) in [6.07, 6.45) is 5.82. The maximum absolute atomic E-state index is 12.0. The summed E-state index contributed by atoms with van der Waals surface area (Å²) in [5, 5.41) is 3.12. The van der Waals surface area contributed by atoms with E-state index in [9.17, 15) is 9.59 Å². The minimum Gasteiger partial charge on any atom is -0.444 e. The highest BCUT2D eigenvalue weighted by atomic mass is 35.5. The average Bonchev–Trinajstić information content (AvgIpc) is 3.46. The van der Waals surface area contributed by atoms with Crippen LogP contribution in [-0.4, -0.2) is 34.4 Å². The Morgan fingerprint density at radius 1 is 0.778 bits per heavy atom. The SMILES string of the molecule is NC(CCc1c[nH]c2cccc(Cl)c12)OC(=O)/C=C/C(=O)OC(N)CCc1c[nH]c2cccc(Cl)c12. The minimum absolute atomic E-state index is 0.380. The Hall–Kier alpha value is -3.30. The molecule has 2 aromatic heterocycles. The number of H-pyrrole nitrogens is 2. The van der Waals surface area contributed by atoms with Crippen molar-refractivity contribution in [3.63, 3.8) is 0 Å². The summed E-state index contributed by atoms with van der Waals surface area (Å²) >= 11 is 12.6. The molecular weight excluding hydrogens is 503 g/mol. The number of carbonyl (C=O) groups is 2. The maximum atomic E-state index is 12.0. The highest BCUT2D eigenvalue weighted by molar-refractivity contribution is 6.36. The van der Waals surface area contributed by atoms with Crippen LogP contribution in [0, 0.1) is 0 Å². The van der Waals surface area contributed by atoms with Crippen LogP contribution in [0.15, 0.2) is 60.9 Å². The molecule has 0 aliphatic heterocycles. The number of fused-ring (bicyclic) bond motifs is 2. The second kappa shape index (κ2) is 11.6. The summed E-state index contributed by atoms with van der Waals surface area (Å²) < 4.78 is 10.3. The van der Waals surface area contributed by atoms with E-state index < -0.39 is 24.4 Å². The lowest BCUT2D eigenvalue weighted by Gasteiger charge is -2.12. The normalized spacial score (nSPS) is 13.3. The Kier molecular flexibility index (Phi) is 8.32. The Morgan fingerprint density at radius 2 is 1.19 bits per heavy atom. The molecule has 0 radical (unpaired) electrons. The third-order valence-electron chi connectivity index (χ3n) is 5.76. The molecule has 10 heteroatoms. The van der Waals surface area contributed by atoms with Gasteiger partial charge in [-0.05, 0) is 48.2 Å². The predicted octanol–water partition coefficient (Wildman–Crippen LogP) is 4.73. The second-order valence-corrected chi connectivity index (χ2v) is 9.13. The largest absolute Gasteiger partial charge is 0.444 e. The van der Waals surface area contributed by atoms with Gasteiger partial charge in [-0.15, -0.1) is 0 Å². The molecule has 0 saturated heterocycles. The maximum Gasteiger partial charge on any atom is 0.332 e. The van der Waals surface area contributed by atoms with Gasteiger partial charge in [0.2, 0.25) is 0 Å². The van der Waals surface area contributed by atoms with Crippen LogP contribution in [0.4, 0.5) is 0 Å². The van der Waals surface area contributed by atoms with Crippen LogP contribution in [0.2, 0.25) is 10.0 Å². The number of esters is 2. The quantitative estimate of drug-likeness (QED) is 0.133. The lowest BCUT2D eigenvalue weighted by molar-refractivity contribution is -0.145. The molecular formula is C26H26Cl2N4O4. The molecule has 2 heterocycles. The van der Waals surface area contributed by atoms with Crippen molar-refractivity contribution in [1.82, 2.24) is 9.97 Å². The summed E-state index contributed by atoms with van der Waals surface area (Å²) in [5.41, 5.74) is 15.7. The highest BCUT2D eigenvalue weighted by Crippen LogP contribution is 2.28. The van der Waals surface area contributed by atoms with Crippen LogP contribution in [0.25, 0.3) is 21.8 Å². The molecule has 0 fully saturated rings. The zero-order chi connectivity index (χ0) is 25.7. The lowest BCUT2D eigenvalue weighted by Crippen LogP contribution is -2.28. The minimum atomic E-state index is -0.851. The lowest BCUT2D eigenvalue weighted by atomic mass is 10.1. The molecule has 8 nitrogen and oxygen atoms in total. The molecule has 2 unspecified atom stereocenters. The number of carbonyl (C=O) groups excluding carboxylic acids is 2.